The fourth-order valence-electron chi connectivity index (χ4n) is 3.41. The Morgan fingerprint density at radius 2 is 1.93 bits per heavy atom. The van der Waals surface area contributed by atoms with Gasteiger partial charge in [-0.2, -0.15) is 4.98 Å². The fourth-order valence-corrected chi connectivity index (χ4v) is 3.41. The minimum absolute atomic E-state index is 0.164. The third kappa shape index (κ3) is 4.15. The number of hydrogen-bond acceptors (Lipinski definition) is 5. The molecule has 0 aliphatic rings. The molecule has 4 aromatic rings. The molecule has 0 fully saturated rings. The Labute approximate surface area is 175 Å². The van der Waals surface area contributed by atoms with Crippen LogP contribution in [0.1, 0.15) is 40.9 Å². The molecule has 4 rings (SSSR count). The van der Waals surface area contributed by atoms with Gasteiger partial charge in [-0.25, -0.2) is 9.50 Å². The molecule has 3 N–H and O–H groups in total. The van der Waals surface area contributed by atoms with E-state index in [4.69, 9.17) is 5.73 Å². The zero-order valence-corrected chi connectivity index (χ0v) is 17.0. The molecule has 1 amide bonds. The molecule has 1 unspecified atom stereocenters. The van der Waals surface area contributed by atoms with Crippen LogP contribution in [-0.2, 0) is 0 Å². The Morgan fingerprint density at radius 3 is 2.73 bits per heavy atom. The highest BCUT2D eigenvalue weighted by Crippen LogP contribution is 2.21. The van der Waals surface area contributed by atoms with Crippen LogP contribution in [0.25, 0.3) is 16.9 Å². The number of nitrogen functional groups attached to an aromatic ring is 1. The van der Waals surface area contributed by atoms with Crippen molar-refractivity contribution in [3.05, 3.63) is 77.6 Å². The van der Waals surface area contributed by atoms with Gasteiger partial charge in [0.15, 0.2) is 5.65 Å². The van der Waals surface area contributed by atoms with E-state index >= 15 is 0 Å². The third-order valence-corrected chi connectivity index (χ3v) is 5.19. The maximum Gasteiger partial charge on any atom is 0.270 e. The number of nitrogens with one attached hydrogen (secondary N) is 1. The van der Waals surface area contributed by atoms with Crippen LogP contribution in [0.2, 0.25) is 0 Å². The largest absolute Gasteiger partial charge is 0.366 e. The van der Waals surface area contributed by atoms with Crippen molar-refractivity contribution >= 4 is 17.5 Å². The van der Waals surface area contributed by atoms with Crippen molar-refractivity contribution < 1.29 is 4.79 Å². The van der Waals surface area contributed by atoms with Crippen LogP contribution < -0.4 is 11.1 Å². The maximum absolute atomic E-state index is 12.8. The second-order valence-corrected chi connectivity index (χ2v) is 7.41. The molecule has 0 radical (unpaired) electrons. The summed E-state index contributed by atoms with van der Waals surface area (Å²) in [5, 5.41) is 7.08. The topological polar surface area (TPSA) is 98.2 Å². The average molecular weight is 400 g/mol. The van der Waals surface area contributed by atoms with Crippen molar-refractivity contribution in [2.45, 2.75) is 26.2 Å². The van der Waals surface area contributed by atoms with Gasteiger partial charge in [0.05, 0.1) is 5.69 Å². The lowest BCUT2D eigenvalue weighted by Crippen LogP contribution is -2.27. The molecule has 0 aliphatic heterocycles. The predicted octanol–water partition coefficient (Wildman–Crippen LogP) is 3.61. The SMILES string of the molecule is Cc1ccc(-c2ccn3nc(N)nc3c2)nc1C(=O)NCCC(C)c1ccccc1. The first-order chi connectivity index (χ1) is 14.5. The first-order valence-corrected chi connectivity index (χ1v) is 9.94. The number of aryl methyl sites for hydroxylation is 1. The first kappa shape index (κ1) is 19.6. The van der Waals surface area contributed by atoms with Gasteiger partial charge in [0, 0.05) is 18.3 Å². The van der Waals surface area contributed by atoms with E-state index in [1.165, 1.54) is 5.56 Å². The number of anilines is 1. The van der Waals surface area contributed by atoms with Crippen molar-refractivity contribution in [2.75, 3.05) is 12.3 Å². The molecule has 1 atom stereocenters. The second kappa shape index (κ2) is 8.32. The monoisotopic (exact) mass is 400 g/mol. The molecule has 0 saturated carbocycles. The van der Waals surface area contributed by atoms with Gasteiger partial charge in [0.2, 0.25) is 5.95 Å². The Kier molecular flexibility index (Phi) is 5.43. The molecule has 7 heteroatoms. The minimum Gasteiger partial charge on any atom is -0.366 e. The quantitative estimate of drug-likeness (QED) is 0.515. The maximum atomic E-state index is 12.8. The molecule has 3 aromatic heterocycles. The van der Waals surface area contributed by atoms with Gasteiger partial charge in [0.25, 0.3) is 5.91 Å². The molecular weight excluding hydrogens is 376 g/mol. The first-order valence-electron chi connectivity index (χ1n) is 9.94. The summed E-state index contributed by atoms with van der Waals surface area (Å²) in [6.45, 7) is 4.64. The van der Waals surface area contributed by atoms with E-state index in [0.29, 0.717) is 29.5 Å². The number of nitrogens with zero attached hydrogens (tertiary/aromatic N) is 4. The van der Waals surface area contributed by atoms with Gasteiger partial charge < -0.3 is 11.1 Å². The van der Waals surface area contributed by atoms with Crippen LogP contribution in [0, 0.1) is 6.92 Å². The zero-order chi connectivity index (χ0) is 21.1. The van der Waals surface area contributed by atoms with Gasteiger partial charge in [-0.05, 0) is 48.6 Å². The van der Waals surface area contributed by atoms with Crippen molar-refractivity contribution in [3.63, 3.8) is 0 Å². The van der Waals surface area contributed by atoms with Gasteiger partial charge in [-0.3, -0.25) is 4.79 Å². The third-order valence-electron chi connectivity index (χ3n) is 5.19. The van der Waals surface area contributed by atoms with E-state index in [0.717, 1.165) is 17.5 Å². The average Bonchev–Trinajstić information content (AvgIpc) is 3.13. The number of rotatable bonds is 6. The molecule has 0 bridgehead atoms. The molecule has 30 heavy (non-hydrogen) atoms. The number of fused-ring (bicyclic) bond motifs is 1. The molecule has 1 aromatic carbocycles. The molecule has 0 aliphatic carbocycles. The zero-order valence-electron chi connectivity index (χ0n) is 17.0. The number of hydrogen-bond donors (Lipinski definition) is 2. The van der Waals surface area contributed by atoms with Gasteiger partial charge in [-0.1, -0.05) is 43.3 Å². The normalized spacial score (nSPS) is 12.1. The summed E-state index contributed by atoms with van der Waals surface area (Å²) in [6.07, 6.45) is 2.64. The lowest BCUT2D eigenvalue weighted by atomic mass is 9.98. The molecule has 3 heterocycles. The van der Waals surface area contributed by atoms with Crippen molar-refractivity contribution in [1.82, 2.24) is 24.9 Å². The summed E-state index contributed by atoms with van der Waals surface area (Å²) in [4.78, 5) is 21.6. The number of nitrogens with two attached hydrogens (primary N) is 1. The summed E-state index contributed by atoms with van der Waals surface area (Å²) < 4.78 is 1.61. The van der Waals surface area contributed by atoms with Crippen molar-refractivity contribution in [2.24, 2.45) is 0 Å². The van der Waals surface area contributed by atoms with Crippen molar-refractivity contribution in [3.8, 4) is 11.3 Å². The Hall–Kier alpha value is -3.74. The van der Waals surface area contributed by atoms with E-state index in [-0.39, 0.29) is 11.9 Å². The summed E-state index contributed by atoms with van der Waals surface area (Å²) in [6, 6.07) is 17.8. The van der Waals surface area contributed by atoms with E-state index < -0.39 is 0 Å². The van der Waals surface area contributed by atoms with Crippen LogP contribution in [0.4, 0.5) is 5.95 Å². The number of carbonyl (C=O) groups is 1. The van der Waals surface area contributed by atoms with Crippen molar-refractivity contribution in [1.29, 1.82) is 0 Å². The summed E-state index contributed by atoms with van der Waals surface area (Å²) in [5.74, 6) is 0.422. The van der Waals surface area contributed by atoms with Crippen LogP contribution in [-0.4, -0.2) is 32.0 Å². The fraction of sp³-hybridized carbons (Fsp3) is 0.217. The van der Waals surface area contributed by atoms with Crippen LogP contribution in [0.5, 0.6) is 0 Å². The number of amides is 1. The highest BCUT2D eigenvalue weighted by molar-refractivity contribution is 5.94. The number of aromatic nitrogens is 4. The minimum atomic E-state index is -0.164. The van der Waals surface area contributed by atoms with E-state index in [2.05, 4.69) is 39.4 Å². The lowest BCUT2D eigenvalue weighted by Gasteiger charge is -2.13. The molecule has 0 spiro atoms. The van der Waals surface area contributed by atoms with Gasteiger partial charge in [-0.15, -0.1) is 5.10 Å². The van der Waals surface area contributed by atoms with E-state index in [1.54, 1.807) is 10.7 Å². The number of pyridine rings is 2. The molecule has 7 nitrogen and oxygen atoms in total. The smallest absolute Gasteiger partial charge is 0.270 e. The molecular formula is C23H24N6O. The summed E-state index contributed by atoms with van der Waals surface area (Å²) >= 11 is 0. The second-order valence-electron chi connectivity index (χ2n) is 7.41. The Morgan fingerprint density at radius 1 is 1.13 bits per heavy atom. The van der Waals surface area contributed by atoms with E-state index in [9.17, 15) is 4.79 Å². The standard InChI is InChI=1S/C23H24N6O/c1-15(17-6-4-3-5-7-17)10-12-25-22(30)21-16(2)8-9-19(26-21)18-11-13-29-20(14-18)27-23(24)28-29/h3-9,11,13-15H,10,12H2,1-2H3,(H2,24,28)(H,25,30). The van der Waals surface area contributed by atoms with Crippen LogP contribution >= 0.6 is 0 Å². The highest BCUT2D eigenvalue weighted by Gasteiger charge is 2.14. The summed E-state index contributed by atoms with van der Waals surface area (Å²) in [7, 11) is 0. The molecule has 0 saturated heterocycles. The number of benzene rings is 1. The Bertz CT molecular complexity index is 1190. The molecule has 152 valence electrons. The highest BCUT2D eigenvalue weighted by atomic mass is 16.1. The predicted molar refractivity (Wildman–Crippen MR) is 117 cm³/mol. The van der Waals surface area contributed by atoms with Gasteiger partial charge in [0.1, 0.15) is 5.69 Å². The van der Waals surface area contributed by atoms with Crippen LogP contribution in [0.3, 0.4) is 0 Å². The van der Waals surface area contributed by atoms with E-state index in [1.807, 2.05) is 49.4 Å². The van der Waals surface area contributed by atoms with Crippen LogP contribution in [0.15, 0.2) is 60.8 Å². The Balaban J connectivity index is 1.47. The van der Waals surface area contributed by atoms with Gasteiger partial charge >= 0.3 is 0 Å². The lowest BCUT2D eigenvalue weighted by molar-refractivity contribution is 0.0947. The summed E-state index contributed by atoms with van der Waals surface area (Å²) in [5.41, 5.74) is 10.4. The number of carbonyl (C=O) groups excluding carboxylic acids is 1.